The second-order valence-electron chi connectivity index (χ2n) is 8.96. The first-order chi connectivity index (χ1) is 17.0. The Morgan fingerprint density at radius 2 is 1.83 bits per heavy atom. The average molecular weight is 485 g/mol. The average Bonchev–Trinajstić information content (AvgIpc) is 3.51. The van der Waals surface area contributed by atoms with Crippen LogP contribution < -0.4 is 0 Å². The molecule has 0 aliphatic carbocycles. The van der Waals surface area contributed by atoms with Crippen molar-refractivity contribution >= 4 is 17.8 Å². The molecule has 0 saturated carbocycles. The smallest absolute Gasteiger partial charge is 0.311 e. The van der Waals surface area contributed by atoms with E-state index in [1.165, 1.54) is 12.2 Å². The molecule has 35 heavy (non-hydrogen) atoms. The number of furan rings is 1. The standard InChI is InChI=1S/C26H32N2O7/c1-32-15-16-35-28-24(30)18-21(25(31)33-2)26(28)10-12-27(13-11-26)23(29)17-20(22-9-6-14-34-22)19-7-4-3-5-8-19/h3-9,14,20-21H,10-13,15-18H2,1-2H3/t20-,21+/m0/s1. The molecule has 0 N–H and O–H groups in total. The van der Waals surface area contributed by atoms with E-state index in [0.717, 1.165) is 11.3 Å². The van der Waals surface area contributed by atoms with Gasteiger partial charge >= 0.3 is 5.97 Å². The summed E-state index contributed by atoms with van der Waals surface area (Å²) in [4.78, 5) is 46.3. The predicted molar refractivity (Wildman–Crippen MR) is 125 cm³/mol. The number of piperidine rings is 1. The Kier molecular flexibility index (Phi) is 7.87. The summed E-state index contributed by atoms with van der Waals surface area (Å²) in [5.74, 6) is -0.783. The number of hydrogen-bond acceptors (Lipinski definition) is 7. The number of hydrogen-bond donors (Lipinski definition) is 0. The SMILES string of the molecule is COCCON1C(=O)C[C@H](C(=O)OC)C12CCN(C(=O)C[C@@H](c1ccccc1)c1ccco1)CC2. The number of carbonyl (C=O) groups is 3. The Bertz CT molecular complexity index is 1000. The topological polar surface area (TPSA) is 98.5 Å². The van der Waals surface area contributed by atoms with Crippen LogP contribution in [0.25, 0.3) is 0 Å². The van der Waals surface area contributed by atoms with Gasteiger partial charge in [0.05, 0.1) is 44.0 Å². The molecule has 2 aromatic rings. The number of benzene rings is 1. The second kappa shape index (κ2) is 11.0. The van der Waals surface area contributed by atoms with Crippen LogP contribution in [0.5, 0.6) is 0 Å². The van der Waals surface area contributed by atoms with Crippen molar-refractivity contribution in [2.75, 3.05) is 40.5 Å². The Balaban J connectivity index is 1.48. The number of esters is 1. The summed E-state index contributed by atoms with van der Waals surface area (Å²) in [7, 11) is 2.88. The van der Waals surface area contributed by atoms with Crippen molar-refractivity contribution in [3.63, 3.8) is 0 Å². The van der Waals surface area contributed by atoms with Crippen LogP contribution in [0.15, 0.2) is 53.1 Å². The molecule has 2 saturated heterocycles. The van der Waals surface area contributed by atoms with Gasteiger partial charge in [0.15, 0.2) is 0 Å². The van der Waals surface area contributed by atoms with Crippen molar-refractivity contribution in [3.8, 4) is 0 Å². The van der Waals surface area contributed by atoms with Gasteiger partial charge in [0.2, 0.25) is 11.8 Å². The van der Waals surface area contributed by atoms with Crippen molar-refractivity contribution in [1.82, 2.24) is 9.96 Å². The van der Waals surface area contributed by atoms with Crippen LogP contribution in [0.1, 0.15) is 42.9 Å². The van der Waals surface area contributed by atoms with E-state index in [1.807, 2.05) is 42.5 Å². The number of amides is 2. The van der Waals surface area contributed by atoms with Crippen molar-refractivity contribution in [2.24, 2.45) is 5.92 Å². The van der Waals surface area contributed by atoms with Crippen molar-refractivity contribution in [3.05, 3.63) is 60.1 Å². The zero-order chi connectivity index (χ0) is 24.8. The lowest BCUT2D eigenvalue weighted by Crippen LogP contribution is -2.58. The normalized spacial score (nSPS) is 20.3. The van der Waals surface area contributed by atoms with Gasteiger partial charge in [0, 0.05) is 33.0 Å². The van der Waals surface area contributed by atoms with Crippen molar-refractivity contribution in [1.29, 1.82) is 0 Å². The first kappa shape index (κ1) is 24.9. The fourth-order valence-corrected chi connectivity index (χ4v) is 5.25. The maximum atomic E-state index is 13.4. The summed E-state index contributed by atoms with van der Waals surface area (Å²) in [6.07, 6.45) is 2.75. The largest absolute Gasteiger partial charge is 0.469 e. The quantitative estimate of drug-likeness (QED) is 0.399. The monoisotopic (exact) mass is 484 g/mol. The van der Waals surface area contributed by atoms with E-state index in [4.69, 9.17) is 18.7 Å². The summed E-state index contributed by atoms with van der Waals surface area (Å²) in [6.45, 7) is 1.33. The molecule has 2 fully saturated rings. The fraction of sp³-hybridized carbons (Fsp3) is 0.500. The molecule has 3 heterocycles. The molecule has 2 aliphatic rings. The Hall–Kier alpha value is -3.17. The molecule has 4 rings (SSSR count). The lowest BCUT2D eigenvalue weighted by Gasteiger charge is -2.45. The predicted octanol–water partition coefficient (Wildman–Crippen LogP) is 2.76. The summed E-state index contributed by atoms with van der Waals surface area (Å²) in [5, 5.41) is 1.35. The van der Waals surface area contributed by atoms with Gasteiger partial charge < -0.3 is 18.8 Å². The number of carbonyl (C=O) groups excluding carboxylic acids is 3. The molecule has 2 atom stereocenters. The summed E-state index contributed by atoms with van der Waals surface area (Å²) in [6, 6.07) is 13.5. The molecule has 9 nitrogen and oxygen atoms in total. The minimum absolute atomic E-state index is 0.00380. The number of nitrogens with zero attached hydrogens (tertiary/aromatic N) is 2. The van der Waals surface area contributed by atoms with E-state index >= 15 is 0 Å². The third-order valence-corrected chi connectivity index (χ3v) is 7.10. The Morgan fingerprint density at radius 1 is 1.09 bits per heavy atom. The number of ether oxygens (including phenoxy) is 2. The summed E-state index contributed by atoms with van der Waals surface area (Å²) >= 11 is 0. The zero-order valence-electron chi connectivity index (χ0n) is 20.2. The van der Waals surface area contributed by atoms with E-state index in [-0.39, 0.29) is 37.2 Å². The van der Waals surface area contributed by atoms with Gasteiger partial charge in [-0.2, -0.15) is 0 Å². The zero-order valence-corrected chi connectivity index (χ0v) is 20.2. The highest BCUT2D eigenvalue weighted by Crippen LogP contribution is 2.44. The van der Waals surface area contributed by atoms with Crippen molar-refractivity contribution in [2.45, 2.75) is 37.1 Å². The second-order valence-corrected chi connectivity index (χ2v) is 8.96. The minimum Gasteiger partial charge on any atom is -0.469 e. The molecule has 188 valence electrons. The molecular weight excluding hydrogens is 452 g/mol. The van der Waals surface area contributed by atoms with Crippen LogP contribution in [0.3, 0.4) is 0 Å². The number of hydroxylamine groups is 2. The van der Waals surface area contributed by atoms with Gasteiger partial charge in [-0.25, -0.2) is 5.06 Å². The van der Waals surface area contributed by atoms with E-state index in [2.05, 4.69) is 0 Å². The van der Waals surface area contributed by atoms with Gasteiger partial charge in [0.1, 0.15) is 5.76 Å². The van der Waals surface area contributed by atoms with Gasteiger partial charge in [0.25, 0.3) is 0 Å². The van der Waals surface area contributed by atoms with Gasteiger partial charge in [-0.1, -0.05) is 30.3 Å². The highest BCUT2D eigenvalue weighted by atomic mass is 16.7. The maximum Gasteiger partial charge on any atom is 0.311 e. The number of rotatable bonds is 9. The molecule has 0 unspecified atom stereocenters. The van der Waals surface area contributed by atoms with Crippen LogP contribution >= 0.6 is 0 Å². The summed E-state index contributed by atoms with van der Waals surface area (Å²) in [5.41, 5.74) is 0.170. The first-order valence-electron chi connectivity index (χ1n) is 11.9. The van der Waals surface area contributed by atoms with E-state index < -0.39 is 17.4 Å². The molecule has 1 aromatic carbocycles. The molecule has 9 heteroatoms. The molecule has 2 aliphatic heterocycles. The van der Waals surface area contributed by atoms with Crippen LogP contribution in [0.4, 0.5) is 0 Å². The third-order valence-electron chi connectivity index (χ3n) is 7.10. The van der Waals surface area contributed by atoms with Crippen molar-refractivity contribution < 1.29 is 33.1 Å². The molecule has 1 spiro atoms. The summed E-state index contributed by atoms with van der Waals surface area (Å²) < 4.78 is 15.7. The lowest BCUT2D eigenvalue weighted by atomic mass is 9.77. The minimum atomic E-state index is -0.839. The van der Waals surface area contributed by atoms with Crippen LogP contribution in [0.2, 0.25) is 0 Å². The van der Waals surface area contributed by atoms with Crippen LogP contribution in [0, 0.1) is 5.92 Å². The first-order valence-corrected chi connectivity index (χ1v) is 11.9. The third kappa shape index (κ3) is 5.11. The van der Waals surface area contributed by atoms with Gasteiger partial charge in [-0.15, -0.1) is 0 Å². The molecular formula is C26H32N2O7. The van der Waals surface area contributed by atoms with Gasteiger partial charge in [-0.05, 0) is 30.5 Å². The Morgan fingerprint density at radius 3 is 2.46 bits per heavy atom. The van der Waals surface area contributed by atoms with Crippen LogP contribution in [-0.4, -0.2) is 73.8 Å². The van der Waals surface area contributed by atoms with Crippen LogP contribution in [-0.2, 0) is 28.7 Å². The highest BCUT2D eigenvalue weighted by Gasteiger charge is 2.58. The van der Waals surface area contributed by atoms with Gasteiger partial charge in [-0.3, -0.25) is 19.2 Å². The molecule has 0 radical (unpaired) electrons. The molecule has 2 amide bonds. The van der Waals surface area contributed by atoms with E-state index in [1.54, 1.807) is 18.3 Å². The number of likely N-dealkylation sites (tertiary alicyclic amines) is 1. The van der Waals surface area contributed by atoms with E-state index in [0.29, 0.717) is 32.5 Å². The van der Waals surface area contributed by atoms with E-state index in [9.17, 15) is 14.4 Å². The molecule has 1 aromatic heterocycles. The fourth-order valence-electron chi connectivity index (χ4n) is 5.25. The maximum absolute atomic E-state index is 13.4. The molecule has 0 bridgehead atoms. The number of methoxy groups -OCH3 is 2. The Labute approximate surface area is 204 Å². The lowest BCUT2D eigenvalue weighted by molar-refractivity contribution is -0.226. The highest BCUT2D eigenvalue weighted by molar-refractivity contribution is 5.88.